The zero-order chi connectivity index (χ0) is 55.1. The third-order valence-corrected chi connectivity index (χ3v) is 15.4. The SMILES string of the molecule is CC[C@H]1O[C@@H](n2cnc3c(NC(c4ccccc4)(c4ccccc4)c4ccccc4)ncnc32)[C@@H](OC)C1OC.COC1[C@@H](CO)O[C@@H](n2cnc3c(NC(c4ccccc4)(c4ccccc4)c4ccccc4)ncnc32)[C@H]1OC. The van der Waals surface area contributed by atoms with E-state index in [9.17, 15) is 5.11 Å². The number of nitrogens with one attached hydrogen (secondary N) is 2. The summed E-state index contributed by atoms with van der Waals surface area (Å²) >= 11 is 0. The van der Waals surface area contributed by atoms with Crippen LogP contribution in [0.15, 0.2) is 207 Å². The molecular weight excluding hydrogens is 1010 g/mol. The van der Waals surface area contributed by atoms with E-state index in [-0.39, 0.29) is 24.9 Å². The Morgan fingerprint density at radius 3 is 1.01 bits per heavy atom. The van der Waals surface area contributed by atoms with Gasteiger partial charge in [-0.3, -0.25) is 9.13 Å². The highest BCUT2D eigenvalue weighted by molar-refractivity contribution is 5.85. The maximum absolute atomic E-state index is 9.88. The van der Waals surface area contributed by atoms with Crippen molar-refractivity contribution in [1.29, 1.82) is 0 Å². The lowest BCUT2D eigenvalue weighted by molar-refractivity contribution is -0.0583. The molecule has 2 aliphatic heterocycles. The number of benzene rings is 6. The highest BCUT2D eigenvalue weighted by Crippen LogP contribution is 2.44. The van der Waals surface area contributed by atoms with Gasteiger partial charge in [-0.1, -0.05) is 189 Å². The third-order valence-electron chi connectivity index (χ3n) is 15.4. The number of aliphatic hydroxyl groups is 1. The zero-order valence-electron chi connectivity index (χ0n) is 45.1. The van der Waals surface area contributed by atoms with Gasteiger partial charge in [0, 0.05) is 28.4 Å². The molecule has 8 atom stereocenters. The fourth-order valence-corrected chi connectivity index (χ4v) is 11.6. The number of rotatable bonds is 18. The summed E-state index contributed by atoms with van der Waals surface area (Å²) in [5.41, 5.74) is 7.28. The van der Waals surface area contributed by atoms with Gasteiger partial charge in [-0.25, -0.2) is 29.9 Å². The summed E-state index contributed by atoms with van der Waals surface area (Å²) in [4.78, 5) is 28.1. The average Bonchev–Trinajstić information content (AvgIpc) is 4.38. The van der Waals surface area contributed by atoms with Crippen molar-refractivity contribution in [3.05, 3.63) is 241 Å². The van der Waals surface area contributed by atoms with Crippen LogP contribution >= 0.6 is 0 Å². The first-order valence-electron chi connectivity index (χ1n) is 26.7. The van der Waals surface area contributed by atoms with Gasteiger partial charge in [-0.2, -0.15) is 0 Å². The molecular formula is C63H64N10O7. The normalized spacial score (nSPS) is 21.1. The summed E-state index contributed by atoms with van der Waals surface area (Å²) < 4.78 is 39.3. The average molecular weight is 1070 g/mol. The molecule has 80 heavy (non-hydrogen) atoms. The lowest BCUT2D eigenvalue weighted by Gasteiger charge is -2.37. The van der Waals surface area contributed by atoms with Crippen molar-refractivity contribution in [3.63, 3.8) is 0 Å². The van der Waals surface area contributed by atoms with E-state index in [2.05, 4.69) is 142 Å². The van der Waals surface area contributed by atoms with Crippen molar-refractivity contribution >= 4 is 34.0 Å². The Kier molecular flexibility index (Phi) is 16.1. The Morgan fingerprint density at radius 1 is 0.425 bits per heavy atom. The minimum absolute atomic E-state index is 0.0984. The lowest BCUT2D eigenvalue weighted by atomic mass is 9.77. The molecule has 0 saturated carbocycles. The zero-order valence-corrected chi connectivity index (χ0v) is 45.1. The molecule has 17 heteroatoms. The molecule has 2 aliphatic rings. The first-order chi connectivity index (χ1) is 39.4. The van der Waals surface area contributed by atoms with E-state index < -0.39 is 41.8 Å². The van der Waals surface area contributed by atoms with Crippen LogP contribution in [0.4, 0.5) is 11.6 Å². The molecule has 0 aliphatic carbocycles. The summed E-state index contributed by atoms with van der Waals surface area (Å²) in [6, 6.07) is 62.1. The summed E-state index contributed by atoms with van der Waals surface area (Å²) in [7, 11) is 6.55. The quantitative estimate of drug-likeness (QED) is 0.0689. The lowest BCUT2D eigenvalue weighted by Crippen LogP contribution is -2.38. The molecule has 12 rings (SSSR count). The largest absolute Gasteiger partial charge is 0.394 e. The van der Waals surface area contributed by atoms with E-state index in [0.717, 1.165) is 39.8 Å². The predicted octanol–water partition coefficient (Wildman–Crippen LogP) is 9.72. The predicted molar refractivity (Wildman–Crippen MR) is 305 cm³/mol. The summed E-state index contributed by atoms with van der Waals surface area (Å²) in [6.45, 7) is 1.88. The minimum Gasteiger partial charge on any atom is -0.394 e. The monoisotopic (exact) mass is 1070 g/mol. The van der Waals surface area contributed by atoms with E-state index >= 15 is 0 Å². The molecule has 2 unspecified atom stereocenters. The topological polar surface area (TPSA) is 187 Å². The van der Waals surface area contributed by atoms with Crippen molar-refractivity contribution in [2.24, 2.45) is 0 Å². The Morgan fingerprint density at radius 2 is 0.725 bits per heavy atom. The molecule has 6 aromatic carbocycles. The number of aliphatic hydroxyl groups excluding tert-OH is 1. The second kappa shape index (κ2) is 24.0. The molecule has 6 heterocycles. The van der Waals surface area contributed by atoms with Gasteiger partial charge >= 0.3 is 0 Å². The van der Waals surface area contributed by atoms with Gasteiger partial charge < -0.3 is 44.2 Å². The van der Waals surface area contributed by atoms with Crippen LogP contribution in [-0.2, 0) is 39.5 Å². The molecule has 10 aromatic rings. The number of methoxy groups -OCH3 is 4. The molecule has 0 amide bonds. The molecule has 17 nitrogen and oxygen atoms in total. The Labute approximate surface area is 464 Å². The fraction of sp³-hybridized carbons (Fsp3) is 0.270. The molecule has 4 aromatic heterocycles. The summed E-state index contributed by atoms with van der Waals surface area (Å²) in [5, 5.41) is 17.5. The van der Waals surface area contributed by atoms with E-state index in [1.54, 1.807) is 47.4 Å². The maximum atomic E-state index is 9.88. The van der Waals surface area contributed by atoms with Crippen LogP contribution in [0.25, 0.3) is 22.3 Å². The highest BCUT2D eigenvalue weighted by Gasteiger charge is 2.48. The second-order valence-corrected chi connectivity index (χ2v) is 19.6. The van der Waals surface area contributed by atoms with E-state index in [1.807, 2.05) is 81.9 Å². The van der Waals surface area contributed by atoms with Gasteiger partial charge in [0.2, 0.25) is 0 Å². The van der Waals surface area contributed by atoms with Crippen molar-refractivity contribution in [3.8, 4) is 0 Å². The number of imidazole rings is 2. The number of anilines is 2. The van der Waals surface area contributed by atoms with Crippen LogP contribution in [0.5, 0.6) is 0 Å². The van der Waals surface area contributed by atoms with Gasteiger partial charge in [0.15, 0.2) is 46.4 Å². The van der Waals surface area contributed by atoms with E-state index in [0.29, 0.717) is 34.0 Å². The van der Waals surface area contributed by atoms with Crippen LogP contribution in [0.1, 0.15) is 59.2 Å². The molecule has 2 saturated heterocycles. The first kappa shape index (κ1) is 53.7. The van der Waals surface area contributed by atoms with Gasteiger partial charge in [-0.15, -0.1) is 0 Å². The molecule has 2 fully saturated rings. The Bertz CT molecular complexity index is 3140. The van der Waals surface area contributed by atoms with Gasteiger partial charge in [0.25, 0.3) is 0 Å². The minimum atomic E-state index is -0.781. The summed E-state index contributed by atoms with van der Waals surface area (Å²) in [6.07, 6.45) is 4.21. The fourth-order valence-electron chi connectivity index (χ4n) is 11.6. The number of fused-ring (bicyclic) bond motifs is 2. The number of hydrogen-bond acceptors (Lipinski definition) is 15. The third kappa shape index (κ3) is 9.76. The number of ether oxygens (including phenoxy) is 6. The first-order valence-corrected chi connectivity index (χ1v) is 26.7. The van der Waals surface area contributed by atoms with Crippen LogP contribution in [-0.4, -0.2) is 116 Å². The number of nitrogens with zero attached hydrogens (tertiary/aromatic N) is 8. The Balaban J connectivity index is 0.000000169. The van der Waals surface area contributed by atoms with E-state index in [4.69, 9.17) is 43.4 Å². The molecule has 0 bridgehead atoms. The number of hydrogen-bond donors (Lipinski definition) is 3. The van der Waals surface area contributed by atoms with E-state index in [1.165, 1.54) is 6.33 Å². The van der Waals surface area contributed by atoms with Crippen LogP contribution in [0.3, 0.4) is 0 Å². The standard InChI is InChI=1S/C32H33N5O3.C31H31N5O4/c1-4-25-27(38-2)28(39-3)31(40-25)37-21-35-26-29(33-20-34-30(26)37)36-32(22-14-8-5-9-15-22,23-16-10-6-11-17-23)24-18-12-7-13-19-24;1-38-26-24(18-37)40-30(27(26)39-2)36-20-34-25-28(32-19-33-29(25)36)35-31(21-12-6-3-7-13-21,22-14-8-4-9-15-22)23-16-10-5-11-17-23/h5-21,25,27-28,31H,4H2,1-3H3,(H,33,34,36);3-17,19-20,24,26-27,30,37H,18H2,1-2H3,(H,32,33,35)/t25-,27?,28+,31-;24-,26?,27+,30-/m11/s1. The molecule has 0 spiro atoms. The highest BCUT2D eigenvalue weighted by atomic mass is 16.6. The Hall–Kier alpha value is -8.26. The number of aromatic nitrogens is 8. The van der Waals surface area contributed by atoms with Crippen LogP contribution < -0.4 is 10.6 Å². The summed E-state index contributed by atoms with van der Waals surface area (Å²) in [5.74, 6) is 1.18. The van der Waals surface area contributed by atoms with Crippen molar-refractivity contribution in [2.75, 3.05) is 45.7 Å². The van der Waals surface area contributed by atoms with Gasteiger partial charge in [-0.05, 0) is 39.8 Å². The van der Waals surface area contributed by atoms with Crippen molar-refractivity contribution in [1.82, 2.24) is 39.0 Å². The molecule has 408 valence electrons. The van der Waals surface area contributed by atoms with Crippen LogP contribution in [0.2, 0.25) is 0 Å². The maximum Gasteiger partial charge on any atom is 0.167 e. The van der Waals surface area contributed by atoms with Crippen molar-refractivity contribution in [2.45, 2.75) is 73.5 Å². The van der Waals surface area contributed by atoms with Gasteiger partial charge in [0.05, 0.1) is 25.4 Å². The van der Waals surface area contributed by atoms with Crippen molar-refractivity contribution < 1.29 is 33.5 Å². The molecule has 0 radical (unpaired) electrons. The smallest absolute Gasteiger partial charge is 0.167 e. The van der Waals surface area contributed by atoms with Crippen LogP contribution in [0, 0.1) is 0 Å². The second-order valence-electron chi connectivity index (χ2n) is 19.6. The molecule has 3 N–H and O–H groups in total. The van der Waals surface area contributed by atoms with Gasteiger partial charge in [0.1, 0.15) is 54.3 Å².